The van der Waals surface area contributed by atoms with Crippen molar-refractivity contribution in [1.82, 2.24) is 0 Å². The molecule has 0 aliphatic carbocycles. The van der Waals surface area contributed by atoms with Crippen molar-refractivity contribution in [3.63, 3.8) is 0 Å². The van der Waals surface area contributed by atoms with E-state index in [1.165, 1.54) is 6.07 Å². The highest BCUT2D eigenvalue weighted by Crippen LogP contribution is 2.39. The highest BCUT2D eigenvalue weighted by molar-refractivity contribution is 5.75. The molecule has 3 heteroatoms. The second kappa shape index (κ2) is 4.33. The fraction of sp³-hybridized carbons (Fsp3) is 0.125. The van der Waals surface area contributed by atoms with Crippen molar-refractivity contribution in [3.8, 4) is 35.0 Å². The summed E-state index contributed by atoms with van der Waals surface area (Å²) in [6, 6.07) is 8.49. The molecule has 2 aromatic rings. The number of hydrogen-bond donors (Lipinski definition) is 0. The van der Waals surface area contributed by atoms with Gasteiger partial charge in [-0.3, -0.25) is 0 Å². The van der Waals surface area contributed by atoms with E-state index in [2.05, 4.69) is 5.92 Å². The van der Waals surface area contributed by atoms with E-state index in [0.717, 1.165) is 5.56 Å². The van der Waals surface area contributed by atoms with Gasteiger partial charge in [-0.25, -0.2) is 4.39 Å². The number of ether oxygens (including phenoxy) is 2. The normalized spacial score (nSPS) is 12.3. The Hall–Kier alpha value is -2.47. The first kappa shape index (κ1) is 11.6. The molecule has 0 saturated heterocycles. The Morgan fingerprint density at radius 3 is 2.53 bits per heavy atom. The molecule has 0 N–H and O–H groups in total. The summed E-state index contributed by atoms with van der Waals surface area (Å²) in [5.41, 5.74) is 2.57. The van der Waals surface area contributed by atoms with Crippen LogP contribution >= 0.6 is 0 Å². The monoisotopic (exact) mass is 254 g/mol. The lowest BCUT2D eigenvalue weighted by atomic mass is 9.98. The van der Waals surface area contributed by atoms with Crippen molar-refractivity contribution in [3.05, 3.63) is 47.3 Å². The van der Waals surface area contributed by atoms with Gasteiger partial charge in [0.1, 0.15) is 5.82 Å². The fourth-order valence-corrected chi connectivity index (χ4v) is 2.12. The van der Waals surface area contributed by atoms with Crippen molar-refractivity contribution < 1.29 is 13.9 Å². The highest BCUT2D eigenvalue weighted by atomic mass is 19.1. The zero-order chi connectivity index (χ0) is 13.4. The zero-order valence-electron chi connectivity index (χ0n) is 10.4. The molecule has 1 heterocycles. The highest BCUT2D eigenvalue weighted by Gasteiger charge is 2.18. The van der Waals surface area contributed by atoms with Gasteiger partial charge in [0.2, 0.25) is 6.79 Å². The van der Waals surface area contributed by atoms with Crippen LogP contribution in [0.5, 0.6) is 11.5 Å². The Balaban J connectivity index is 2.22. The van der Waals surface area contributed by atoms with Crippen LogP contribution in [-0.4, -0.2) is 6.79 Å². The topological polar surface area (TPSA) is 18.5 Å². The maximum atomic E-state index is 14.1. The molecule has 0 unspecified atom stereocenters. The standard InChI is InChI=1S/C16H11FO2/c1-3-11-7-15-16(19-9-18-15)8-13(11)12-5-4-10(2)6-14(12)17/h1,4-8H,9H2,2H3. The molecule has 0 amide bonds. The van der Waals surface area contributed by atoms with E-state index < -0.39 is 0 Å². The van der Waals surface area contributed by atoms with Gasteiger partial charge in [0.05, 0.1) is 0 Å². The lowest BCUT2D eigenvalue weighted by Crippen LogP contribution is -1.92. The molecule has 1 aliphatic rings. The SMILES string of the molecule is C#Cc1cc2c(cc1-c1ccc(C)cc1F)OCO2. The van der Waals surface area contributed by atoms with Gasteiger partial charge < -0.3 is 9.47 Å². The van der Waals surface area contributed by atoms with E-state index in [-0.39, 0.29) is 12.6 Å². The molecule has 0 atom stereocenters. The van der Waals surface area contributed by atoms with E-state index in [1.807, 2.05) is 13.0 Å². The smallest absolute Gasteiger partial charge is 0.231 e. The number of terminal acetylenes is 1. The van der Waals surface area contributed by atoms with Crippen LogP contribution in [0.15, 0.2) is 30.3 Å². The molecule has 3 rings (SSSR count). The number of hydrogen-bond acceptors (Lipinski definition) is 2. The van der Waals surface area contributed by atoms with Crippen LogP contribution in [0, 0.1) is 25.1 Å². The number of benzene rings is 2. The van der Waals surface area contributed by atoms with Gasteiger partial charge in [-0.1, -0.05) is 18.1 Å². The number of fused-ring (bicyclic) bond motifs is 1. The van der Waals surface area contributed by atoms with Crippen LogP contribution in [-0.2, 0) is 0 Å². The minimum absolute atomic E-state index is 0.166. The van der Waals surface area contributed by atoms with Crippen molar-refractivity contribution in [2.24, 2.45) is 0 Å². The molecule has 0 fully saturated rings. The lowest BCUT2D eigenvalue weighted by Gasteiger charge is -2.09. The molecule has 1 aliphatic heterocycles. The molecule has 0 radical (unpaired) electrons. The van der Waals surface area contributed by atoms with Crippen LogP contribution in [0.2, 0.25) is 0 Å². The van der Waals surface area contributed by atoms with Crippen LogP contribution in [0.1, 0.15) is 11.1 Å². The molecule has 0 saturated carbocycles. The first-order chi connectivity index (χ1) is 9.19. The lowest BCUT2D eigenvalue weighted by molar-refractivity contribution is 0.174. The predicted octanol–water partition coefficient (Wildman–Crippen LogP) is 3.51. The van der Waals surface area contributed by atoms with Crippen LogP contribution in [0.25, 0.3) is 11.1 Å². The van der Waals surface area contributed by atoms with E-state index >= 15 is 0 Å². The zero-order valence-corrected chi connectivity index (χ0v) is 10.4. The maximum absolute atomic E-state index is 14.1. The summed E-state index contributed by atoms with van der Waals surface area (Å²) in [6.07, 6.45) is 5.49. The summed E-state index contributed by atoms with van der Waals surface area (Å²) in [7, 11) is 0. The number of aryl methyl sites for hydroxylation is 1. The first-order valence-corrected chi connectivity index (χ1v) is 5.86. The van der Waals surface area contributed by atoms with Gasteiger partial charge in [-0.2, -0.15) is 0 Å². The molecule has 0 aromatic heterocycles. The third-order valence-electron chi connectivity index (χ3n) is 3.08. The Kier molecular flexibility index (Phi) is 2.64. The van der Waals surface area contributed by atoms with Gasteiger partial charge in [0, 0.05) is 22.8 Å². The van der Waals surface area contributed by atoms with E-state index in [9.17, 15) is 4.39 Å². The molecular weight excluding hydrogens is 243 g/mol. The van der Waals surface area contributed by atoms with E-state index in [4.69, 9.17) is 15.9 Å². The second-order valence-electron chi connectivity index (χ2n) is 4.38. The second-order valence-corrected chi connectivity index (χ2v) is 4.38. The minimum Gasteiger partial charge on any atom is -0.454 e. The predicted molar refractivity (Wildman–Crippen MR) is 70.6 cm³/mol. The third kappa shape index (κ3) is 1.92. The average Bonchev–Trinajstić information content (AvgIpc) is 2.84. The Morgan fingerprint density at radius 1 is 1.11 bits per heavy atom. The molecule has 2 nitrogen and oxygen atoms in total. The summed E-state index contributed by atoms with van der Waals surface area (Å²) >= 11 is 0. The van der Waals surface area contributed by atoms with Gasteiger partial charge in [-0.15, -0.1) is 6.42 Å². The molecule has 0 spiro atoms. The Bertz CT molecular complexity index is 699. The quantitative estimate of drug-likeness (QED) is 0.725. The summed E-state index contributed by atoms with van der Waals surface area (Å²) in [6.45, 7) is 2.01. The van der Waals surface area contributed by atoms with Crippen molar-refractivity contribution in [2.45, 2.75) is 6.92 Å². The average molecular weight is 254 g/mol. The van der Waals surface area contributed by atoms with Crippen molar-refractivity contribution in [1.29, 1.82) is 0 Å². The minimum atomic E-state index is -0.296. The van der Waals surface area contributed by atoms with E-state index in [0.29, 0.717) is 28.2 Å². The maximum Gasteiger partial charge on any atom is 0.231 e. The van der Waals surface area contributed by atoms with Crippen LogP contribution in [0.3, 0.4) is 0 Å². The van der Waals surface area contributed by atoms with Crippen LogP contribution in [0.4, 0.5) is 4.39 Å². The van der Waals surface area contributed by atoms with E-state index in [1.54, 1.807) is 18.2 Å². The van der Waals surface area contributed by atoms with Gasteiger partial charge in [-0.05, 0) is 24.6 Å². The van der Waals surface area contributed by atoms with Crippen molar-refractivity contribution >= 4 is 0 Å². The molecule has 94 valence electrons. The molecule has 2 aromatic carbocycles. The molecular formula is C16H11FO2. The molecule has 0 bridgehead atoms. The Labute approximate surface area is 110 Å². The van der Waals surface area contributed by atoms with Gasteiger partial charge in [0.15, 0.2) is 11.5 Å². The number of rotatable bonds is 1. The van der Waals surface area contributed by atoms with Gasteiger partial charge in [0.25, 0.3) is 0 Å². The summed E-state index contributed by atoms with van der Waals surface area (Å²) < 4.78 is 24.6. The molecule has 19 heavy (non-hydrogen) atoms. The Morgan fingerprint density at radius 2 is 1.84 bits per heavy atom. The summed E-state index contributed by atoms with van der Waals surface area (Å²) in [4.78, 5) is 0. The van der Waals surface area contributed by atoms with Crippen molar-refractivity contribution in [2.75, 3.05) is 6.79 Å². The van der Waals surface area contributed by atoms with Crippen LogP contribution < -0.4 is 9.47 Å². The largest absolute Gasteiger partial charge is 0.454 e. The summed E-state index contributed by atoms with van der Waals surface area (Å²) in [5.74, 6) is 3.46. The third-order valence-corrected chi connectivity index (χ3v) is 3.08. The van der Waals surface area contributed by atoms with Gasteiger partial charge >= 0.3 is 0 Å². The summed E-state index contributed by atoms with van der Waals surface area (Å²) in [5, 5.41) is 0. The first-order valence-electron chi connectivity index (χ1n) is 5.86. The number of halogens is 1. The fourth-order valence-electron chi connectivity index (χ4n) is 2.12.